The molecule has 0 spiro atoms. The molecule has 0 aliphatic rings. The van der Waals surface area contributed by atoms with Crippen molar-refractivity contribution >= 4 is 12.0 Å². The minimum atomic E-state index is -0.363. The van der Waals surface area contributed by atoms with Crippen molar-refractivity contribution in [1.29, 1.82) is 0 Å². The molecular weight excluding hydrogens is 274 g/mol. The van der Waals surface area contributed by atoms with Crippen LogP contribution in [0.2, 0.25) is 0 Å². The number of aromatic nitrogens is 5. The van der Waals surface area contributed by atoms with Gasteiger partial charge in [0.2, 0.25) is 11.8 Å². The van der Waals surface area contributed by atoms with Crippen molar-refractivity contribution in [3.8, 4) is 0 Å². The smallest absolute Gasteiger partial charge is 0.321 e. The Labute approximate surface area is 122 Å². The molecule has 0 saturated carbocycles. The second-order valence-corrected chi connectivity index (χ2v) is 4.42. The highest BCUT2D eigenvalue weighted by Gasteiger charge is 2.09. The van der Waals surface area contributed by atoms with Crippen molar-refractivity contribution < 1.29 is 9.32 Å². The second-order valence-electron chi connectivity index (χ2n) is 4.42. The third-order valence-corrected chi connectivity index (χ3v) is 2.85. The summed E-state index contributed by atoms with van der Waals surface area (Å²) in [5, 5.41) is 13.1. The topological polar surface area (TPSA) is 111 Å². The quantitative estimate of drug-likeness (QED) is 0.810. The average Bonchev–Trinajstić information content (AvgIpc) is 3.05. The summed E-state index contributed by atoms with van der Waals surface area (Å²) >= 11 is 0. The summed E-state index contributed by atoms with van der Waals surface area (Å²) in [6, 6.07) is -0.363. The largest absolute Gasteiger partial charge is 0.339 e. The zero-order valence-corrected chi connectivity index (χ0v) is 12.4. The number of carbonyl (C=O) groups is 1. The number of urea groups is 1. The molecular formula is C12H19N7O2. The first-order valence-electron chi connectivity index (χ1n) is 6.88. The maximum atomic E-state index is 11.7. The van der Waals surface area contributed by atoms with Crippen LogP contribution in [0.5, 0.6) is 0 Å². The Hall–Kier alpha value is -2.45. The molecule has 0 bridgehead atoms. The van der Waals surface area contributed by atoms with E-state index in [2.05, 4.69) is 30.9 Å². The Morgan fingerprint density at radius 3 is 2.71 bits per heavy atom. The van der Waals surface area contributed by atoms with E-state index < -0.39 is 0 Å². The van der Waals surface area contributed by atoms with Gasteiger partial charge in [0.1, 0.15) is 5.82 Å². The molecule has 2 aromatic heterocycles. The van der Waals surface area contributed by atoms with E-state index in [-0.39, 0.29) is 12.0 Å². The Bertz CT molecular complexity index is 605. The van der Waals surface area contributed by atoms with Crippen LogP contribution in [0.1, 0.15) is 31.4 Å². The van der Waals surface area contributed by atoms with Crippen LogP contribution in [0, 0.1) is 0 Å². The lowest BCUT2D eigenvalue weighted by atomic mass is 10.4. The minimum Gasteiger partial charge on any atom is -0.339 e. The van der Waals surface area contributed by atoms with Crippen LogP contribution in [0.4, 0.5) is 10.7 Å². The van der Waals surface area contributed by atoms with Crippen LogP contribution in [0.15, 0.2) is 4.52 Å². The molecule has 9 heteroatoms. The molecule has 114 valence electrons. The SMILES string of the molecule is CCc1noc(CCNC(=O)Nc2nc(CC)n(C)n2)n1. The van der Waals surface area contributed by atoms with Crippen LogP contribution in [0.3, 0.4) is 0 Å². The number of aryl methyl sites for hydroxylation is 3. The van der Waals surface area contributed by atoms with E-state index in [1.54, 1.807) is 11.7 Å². The fraction of sp³-hybridized carbons (Fsp3) is 0.583. The van der Waals surface area contributed by atoms with Gasteiger partial charge in [-0.15, -0.1) is 5.10 Å². The number of carbonyl (C=O) groups excluding carboxylic acids is 1. The highest BCUT2D eigenvalue weighted by molar-refractivity contribution is 5.87. The van der Waals surface area contributed by atoms with Crippen LogP contribution in [-0.4, -0.2) is 37.5 Å². The van der Waals surface area contributed by atoms with Gasteiger partial charge in [-0.2, -0.15) is 9.97 Å². The third-order valence-electron chi connectivity index (χ3n) is 2.85. The van der Waals surface area contributed by atoms with Crippen LogP contribution < -0.4 is 10.6 Å². The molecule has 0 radical (unpaired) electrons. The minimum absolute atomic E-state index is 0.290. The van der Waals surface area contributed by atoms with E-state index >= 15 is 0 Å². The predicted octanol–water partition coefficient (Wildman–Crippen LogP) is 0.687. The van der Waals surface area contributed by atoms with E-state index in [4.69, 9.17) is 4.52 Å². The van der Waals surface area contributed by atoms with Gasteiger partial charge in [-0.05, 0) is 0 Å². The fourth-order valence-corrected chi connectivity index (χ4v) is 1.74. The number of amides is 2. The second kappa shape index (κ2) is 6.82. The average molecular weight is 293 g/mol. The lowest BCUT2D eigenvalue weighted by molar-refractivity contribution is 0.251. The number of hydrogen-bond acceptors (Lipinski definition) is 6. The highest BCUT2D eigenvalue weighted by Crippen LogP contribution is 2.02. The summed E-state index contributed by atoms with van der Waals surface area (Å²) in [4.78, 5) is 20.0. The molecule has 0 aromatic carbocycles. The first kappa shape index (κ1) is 14.9. The first-order valence-corrected chi connectivity index (χ1v) is 6.88. The van der Waals surface area contributed by atoms with Crippen LogP contribution >= 0.6 is 0 Å². The van der Waals surface area contributed by atoms with Gasteiger partial charge >= 0.3 is 6.03 Å². The summed E-state index contributed by atoms with van der Waals surface area (Å²) in [6.45, 7) is 4.32. The summed E-state index contributed by atoms with van der Waals surface area (Å²) < 4.78 is 6.67. The zero-order valence-electron chi connectivity index (χ0n) is 12.4. The zero-order chi connectivity index (χ0) is 15.2. The molecule has 0 unspecified atom stereocenters. The van der Waals surface area contributed by atoms with E-state index in [1.807, 2.05) is 13.8 Å². The molecule has 0 atom stereocenters. The normalized spacial score (nSPS) is 10.6. The van der Waals surface area contributed by atoms with Crippen molar-refractivity contribution in [2.45, 2.75) is 33.1 Å². The van der Waals surface area contributed by atoms with Gasteiger partial charge in [-0.25, -0.2) is 4.79 Å². The highest BCUT2D eigenvalue weighted by atomic mass is 16.5. The van der Waals surface area contributed by atoms with Crippen molar-refractivity contribution in [3.05, 3.63) is 17.5 Å². The molecule has 9 nitrogen and oxygen atoms in total. The number of nitrogens with one attached hydrogen (secondary N) is 2. The van der Waals surface area contributed by atoms with Gasteiger partial charge in [-0.3, -0.25) is 10.00 Å². The van der Waals surface area contributed by atoms with Crippen LogP contribution in [-0.2, 0) is 26.3 Å². The Balaban J connectivity index is 1.76. The predicted molar refractivity (Wildman–Crippen MR) is 74.8 cm³/mol. The van der Waals surface area contributed by atoms with Crippen molar-refractivity contribution in [3.63, 3.8) is 0 Å². The molecule has 2 N–H and O–H groups in total. The lowest BCUT2D eigenvalue weighted by Crippen LogP contribution is -2.31. The molecule has 0 aliphatic heterocycles. The van der Waals surface area contributed by atoms with Gasteiger partial charge in [0.05, 0.1) is 0 Å². The van der Waals surface area contributed by atoms with E-state index in [0.29, 0.717) is 24.7 Å². The fourth-order valence-electron chi connectivity index (χ4n) is 1.74. The van der Waals surface area contributed by atoms with Gasteiger partial charge < -0.3 is 9.84 Å². The summed E-state index contributed by atoms with van der Waals surface area (Å²) in [5.41, 5.74) is 0. The Morgan fingerprint density at radius 1 is 1.29 bits per heavy atom. The van der Waals surface area contributed by atoms with E-state index in [1.165, 1.54) is 0 Å². The molecule has 0 fully saturated rings. The first-order chi connectivity index (χ1) is 10.1. The number of nitrogens with zero attached hydrogens (tertiary/aromatic N) is 5. The van der Waals surface area contributed by atoms with E-state index in [0.717, 1.165) is 18.7 Å². The number of rotatable bonds is 6. The molecule has 0 aliphatic carbocycles. The van der Waals surface area contributed by atoms with Gasteiger partial charge in [0.15, 0.2) is 5.82 Å². The number of hydrogen-bond donors (Lipinski definition) is 2. The maximum Gasteiger partial charge on any atom is 0.321 e. The number of anilines is 1. The van der Waals surface area contributed by atoms with Gasteiger partial charge in [-0.1, -0.05) is 19.0 Å². The van der Waals surface area contributed by atoms with Crippen molar-refractivity contribution in [2.75, 3.05) is 11.9 Å². The van der Waals surface area contributed by atoms with Crippen molar-refractivity contribution in [1.82, 2.24) is 30.2 Å². The lowest BCUT2D eigenvalue weighted by Gasteiger charge is -2.02. The molecule has 2 heterocycles. The van der Waals surface area contributed by atoms with Crippen molar-refractivity contribution in [2.24, 2.45) is 7.05 Å². The Morgan fingerprint density at radius 2 is 2.10 bits per heavy atom. The molecule has 2 amide bonds. The maximum absolute atomic E-state index is 11.7. The van der Waals surface area contributed by atoms with E-state index in [9.17, 15) is 4.79 Å². The monoisotopic (exact) mass is 293 g/mol. The summed E-state index contributed by atoms with van der Waals surface area (Å²) in [7, 11) is 1.79. The molecule has 0 saturated heterocycles. The Kier molecular flexibility index (Phi) is 4.85. The standard InChI is InChI=1S/C12H19N7O2/c1-4-8-14-10(21-18-8)6-7-13-12(20)16-11-15-9(5-2)19(3)17-11/h4-7H2,1-3H3,(H2,13,16,17,20). The molecule has 2 aromatic rings. The van der Waals surface area contributed by atoms with Crippen LogP contribution in [0.25, 0.3) is 0 Å². The summed E-state index contributed by atoms with van der Waals surface area (Å²) in [5.74, 6) is 2.27. The molecule has 21 heavy (non-hydrogen) atoms. The molecule has 2 rings (SSSR count). The summed E-state index contributed by atoms with van der Waals surface area (Å²) in [6.07, 6.45) is 1.96. The third kappa shape index (κ3) is 4.01. The van der Waals surface area contributed by atoms with Gasteiger partial charge in [0.25, 0.3) is 0 Å². The van der Waals surface area contributed by atoms with Gasteiger partial charge in [0, 0.05) is 32.9 Å².